The first kappa shape index (κ1) is 15.2. The summed E-state index contributed by atoms with van der Waals surface area (Å²) in [5.41, 5.74) is 0.570. The number of anilines is 2. The fourth-order valence-electron chi connectivity index (χ4n) is 1.88. The molecule has 1 aromatic carbocycles. The van der Waals surface area contributed by atoms with Gasteiger partial charge in [0.15, 0.2) is 5.69 Å². The minimum absolute atomic E-state index is 0.181. The van der Waals surface area contributed by atoms with Crippen molar-refractivity contribution in [1.29, 1.82) is 0 Å². The Morgan fingerprint density at radius 3 is 2.41 bits per heavy atom. The molecule has 2 amide bonds. The Morgan fingerprint density at radius 2 is 1.82 bits per heavy atom. The van der Waals surface area contributed by atoms with Crippen LogP contribution in [0.2, 0.25) is 0 Å². The summed E-state index contributed by atoms with van der Waals surface area (Å²) < 4.78 is 1.26. The number of carbonyl (C=O) groups excluding carboxylic acids is 2. The van der Waals surface area contributed by atoms with Crippen LogP contribution in [-0.2, 0) is 11.8 Å². The molecule has 0 unspecified atom stereocenters. The van der Waals surface area contributed by atoms with E-state index in [9.17, 15) is 14.4 Å². The second kappa shape index (κ2) is 6.08. The van der Waals surface area contributed by atoms with Gasteiger partial charge in [-0.2, -0.15) is 5.10 Å². The Labute approximate surface area is 125 Å². The van der Waals surface area contributed by atoms with Gasteiger partial charge >= 0.3 is 5.97 Å². The van der Waals surface area contributed by atoms with Gasteiger partial charge in [0.25, 0.3) is 5.91 Å². The van der Waals surface area contributed by atoms with Gasteiger partial charge in [0.05, 0.1) is 0 Å². The van der Waals surface area contributed by atoms with Crippen LogP contribution in [0.15, 0.2) is 30.5 Å². The van der Waals surface area contributed by atoms with Crippen LogP contribution in [0.1, 0.15) is 27.8 Å². The second-order valence-corrected chi connectivity index (χ2v) is 4.59. The highest BCUT2D eigenvalue weighted by Gasteiger charge is 2.21. The number of carbonyl (C=O) groups is 3. The van der Waals surface area contributed by atoms with E-state index in [0.717, 1.165) is 0 Å². The number of nitrogens with zero attached hydrogens (tertiary/aromatic N) is 2. The molecular formula is C14H14N4O4. The van der Waals surface area contributed by atoms with E-state index in [1.54, 1.807) is 24.3 Å². The first-order valence-electron chi connectivity index (χ1n) is 6.33. The van der Waals surface area contributed by atoms with Gasteiger partial charge in [-0.05, 0) is 18.2 Å². The van der Waals surface area contributed by atoms with E-state index >= 15 is 0 Å². The Hall–Kier alpha value is -3.16. The standard InChI is InChI=1S/C14H14N4O4/c1-8(19)15-9-4-3-5-10(6-9)16-13(20)12-11(14(21)22)7-18(2)17-12/h3-7H,1-2H3,(H,15,19)(H,16,20)(H,21,22). The molecule has 0 fully saturated rings. The van der Waals surface area contributed by atoms with Crippen LogP contribution in [0.3, 0.4) is 0 Å². The van der Waals surface area contributed by atoms with Crippen molar-refractivity contribution in [2.75, 3.05) is 10.6 Å². The summed E-state index contributed by atoms with van der Waals surface area (Å²) in [4.78, 5) is 34.2. The van der Waals surface area contributed by atoms with Crippen LogP contribution in [-0.4, -0.2) is 32.7 Å². The fourth-order valence-corrected chi connectivity index (χ4v) is 1.88. The number of amides is 2. The number of hydrogen-bond acceptors (Lipinski definition) is 4. The number of rotatable bonds is 4. The van der Waals surface area contributed by atoms with Crippen LogP contribution in [0.25, 0.3) is 0 Å². The van der Waals surface area contributed by atoms with Crippen molar-refractivity contribution < 1.29 is 19.5 Å². The molecule has 2 aromatic rings. The lowest BCUT2D eigenvalue weighted by Gasteiger charge is -2.07. The van der Waals surface area contributed by atoms with Crippen molar-refractivity contribution in [2.24, 2.45) is 7.05 Å². The zero-order valence-corrected chi connectivity index (χ0v) is 12.0. The van der Waals surface area contributed by atoms with E-state index < -0.39 is 11.9 Å². The average Bonchev–Trinajstić information content (AvgIpc) is 2.81. The average molecular weight is 302 g/mol. The maximum Gasteiger partial charge on any atom is 0.339 e. The fraction of sp³-hybridized carbons (Fsp3) is 0.143. The molecule has 0 saturated heterocycles. The van der Waals surface area contributed by atoms with E-state index in [-0.39, 0.29) is 17.2 Å². The summed E-state index contributed by atoms with van der Waals surface area (Å²) >= 11 is 0. The molecule has 2 rings (SSSR count). The molecule has 0 atom stereocenters. The highest BCUT2D eigenvalue weighted by molar-refractivity contribution is 6.09. The van der Waals surface area contributed by atoms with Gasteiger partial charge in [-0.3, -0.25) is 14.3 Å². The molecule has 8 heteroatoms. The minimum atomic E-state index is -1.23. The summed E-state index contributed by atoms with van der Waals surface area (Å²) in [6.45, 7) is 1.37. The van der Waals surface area contributed by atoms with E-state index in [2.05, 4.69) is 15.7 Å². The van der Waals surface area contributed by atoms with Gasteiger partial charge in [-0.15, -0.1) is 0 Å². The summed E-state index contributed by atoms with van der Waals surface area (Å²) in [5.74, 6) is -2.11. The Bertz CT molecular complexity index is 751. The number of benzene rings is 1. The van der Waals surface area contributed by atoms with Crippen molar-refractivity contribution in [3.8, 4) is 0 Å². The third-order valence-corrected chi connectivity index (χ3v) is 2.72. The molecule has 0 spiro atoms. The van der Waals surface area contributed by atoms with Crippen LogP contribution < -0.4 is 10.6 Å². The number of hydrogen-bond donors (Lipinski definition) is 3. The molecule has 22 heavy (non-hydrogen) atoms. The minimum Gasteiger partial charge on any atom is -0.478 e. The molecule has 3 N–H and O–H groups in total. The number of carboxylic acids is 1. The smallest absolute Gasteiger partial charge is 0.339 e. The van der Waals surface area contributed by atoms with Crippen molar-refractivity contribution in [2.45, 2.75) is 6.92 Å². The van der Waals surface area contributed by atoms with Gasteiger partial charge in [-0.25, -0.2) is 4.79 Å². The summed E-state index contributed by atoms with van der Waals surface area (Å²) in [6, 6.07) is 6.49. The zero-order chi connectivity index (χ0) is 16.3. The predicted molar refractivity (Wildman–Crippen MR) is 78.9 cm³/mol. The van der Waals surface area contributed by atoms with Crippen LogP contribution in [0.5, 0.6) is 0 Å². The highest BCUT2D eigenvalue weighted by Crippen LogP contribution is 2.16. The third-order valence-electron chi connectivity index (χ3n) is 2.72. The largest absolute Gasteiger partial charge is 0.478 e. The van der Waals surface area contributed by atoms with Crippen LogP contribution in [0, 0.1) is 0 Å². The van der Waals surface area contributed by atoms with E-state index in [1.807, 2.05) is 0 Å². The van der Waals surface area contributed by atoms with Gasteiger partial charge in [0.2, 0.25) is 5.91 Å². The normalized spacial score (nSPS) is 10.1. The molecular weight excluding hydrogens is 288 g/mol. The van der Waals surface area contributed by atoms with Gasteiger partial charge in [0.1, 0.15) is 5.56 Å². The van der Waals surface area contributed by atoms with E-state index in [4.69, 9.17) is 5.11 Å². The Morgan fingerprint density at radius 1 is 1.18 bits per heavy atom. The van der Waals surface area contributed by atoms with Gasteiger partial charge < -0.3 is 15.7 Å². The summed E-state index contributed by atoms with van der Waals surface area (Å²) in [7, 11) is 1.53. The van der Waals surface area contributed by atoms with Crippen molar-refractivity contribution in [1.82, 2.24) is 9.78 Å². The van der Waals surface area contributed by atoms with Crippen molar-refractivity contribution >= 4 is 29.2 Å². The predicted octanol–water partition coefficient (Wildman–Crippen LogP) is 1.33. The Balaban J connectivity index is 2.22. The van der Waals surface area contributed by atoms with E-state index in [0.29, 0.717) is 11.4 Å². The number of aromatic nitrogens is 2. The maximum atomic E-state index is 12.1. The van der Waals surface area contributed by atoms with Gasteiger partial charge in [0, 0.05) is 31.5 Å². The lowest BCUT2D eigenvalue weighted by Crippen LogP contribution is -2.16. The molecule has 0 aliphatic heterocycles. The molecule has 8 nitrogen and oxygen atoms in total. The first-order chi connectivity index (χ1) is 10.4. The lowest BCUT2D eigenvalue weighted by atomic mass is 10.2. The number of aromatic carboxylic acids is 1. The zero-order valence-electron chi connectivity index (χ0n) is 12.0. The summed E-state index contributed by atoms with van der Waals surface area (Å²) in [6.07, 6.45) is 1.25. The number of nitrogens with one attached hydrogen (secondary N) is 2. The van der Waals surface area contributed by atoms with Gasteiger partial charge in [-0.1, -0.05) is 6.07 Å². The van der Waals surface area contributed by atoms with Crippen LogP contribution >= 0.6 is 0 Å². The van der Waals surface area contributed by atoms with Crippen molar-refractivity contribution in [3.63, 3.8) is 0 Å². The quantitative estimate of drug-likeness (QED) is 0.788. The Kier molecular flexibility index (Phi) is 4.21. The molecule has 0 aliphatic carbocycles. The van der Waals surface area contributed by atoms with E-state index in [1.165, 1.54) is 24.9 Å². The molecule has 114 valence electrons. The third kappa shape index (κ3) is 3.48. The molecule has 1 aromatic heterocycles. The molecule has 0 bridgehead atoms. The lowest BCUT2D eigenvalue weighted by molar-refractivity contribution is -0.114. The summed E-state index contributed by atoms with van der Waals surface area (Å²) in [5, 5.41) is 18.0. The second-order valence-electron chi connectivity index (χ2n) is 4.59. The number of aryl methyl sites for hydroxylation is 1. The monoisotopic (exact) mass is 302 g/mol. The molecule has 0 aliphatic rings. The first-order valence-corrected chi connectivity index (χ1v) is 6.33. The highest BCUT2D eigenvalue weighted by atomic mass is 16.4. The molecule has 0 radical (unpaired) electrons. The van der Waals surface area contributed by atoms with Crippen molar-refractivity contribution in [3.05, 3.63) is 41.7 Å². The molecule has 0 saturated carbocycles. The molecule has 1 heterocycles. The topological polar surface area (TPSA) is 113 Å². The van der Waals surface area contributed by atoms with Crippen LogP contribution in [0.4, 0.5) is 11.4 Å². The SMILES string of the molecule is CC(=O)Nc1cccc(NC(=O)c2nn(C)cc2C(=O)O)c1. The number of carboxylic acid groups (broad SMARTS) is 1. The maximum absolute atomic E-state index is 12.1.